The first kappa shape index (κ1) is 22.4. The number of hydrogen-bond acceptors (Lipinski definition) is 6. The second-order valence-electron chi connectivity index (χ2n) is 8.57. The molecule has 0 spiro atoms. The average Bonchev–Trinajstić information content (AvgIpc) is 3.39. The maximum Gasteiger partial charge on any atom is 0.239 e. The quantitative estimate of drug-likeness (QED) is 0.394. The molecular formula is C25H26N6O2S. The van der Waals surface area contributed by atoms with Gasteiger partial charge in [-0.05, 0) is 71.3 Å². The number of primary sulfonamides is 1. The lowest BCUT2D eigenvalue weighted by Crippen LogP contribution is -2.26. The lowest BCUT2D eigenvalue weighted by Gasteiger charge is -2.23. The molecule has 174 valence electrons. The number of aromatic amines is 1. The van der Waals surface area contributed by atoms with Gasteiger partial charge >= 0.3 is 0 Å². The van der Waals surface area contributed by atoms with Crippen LogP contribution in [-0.4, -0.2) is 42.1 Å². The summed E-state index contributed by atoms with van der Waals surface area (Å²) in [6.45, 7) is 2.05. The van der Waals surface area contributed by atoms with Crippen LogP contribution in [0.4, 0.5) is 0 Å². The van der Waals surface area contributed by atoms with E-state index in [2.05, 4.69) is 38.1 Å². The Bertz CT molecular complexity index is 1370. The van der Waals surface area contributed by atoms with E-state index in [1.54, 1.807) is 0 Å². The number of H-pyrrole nitrogens is 1. The van der Waals surface area contributed by atoms with Crippen molar-refractivity contribution in [3.8, 4) is 22.5 Å². The summed E-state index contributed by atoms with van der Waals surface area (Å²) in [6.07, 6.45) is 2.63. The Morgan fingerprint density at radius 1 is 0.941 bits per heavy atom. The minimum absolute atomic E-state index is 0.0256. The smallest absolute Gasteiger partial charge is 0.239 e. The molecule has 1 aliphatic heterocycles. The van der Waals surface area contributed by atoms with E-state index in [1.165, 1.54) is 5.56 Å². The van der Waals surface area contributed by atoms with Crippen molar-refractivity contribution in [1.82, 2.24) is 25.9 Å². The van der Waals surface area contributed by atoms with Crippen LogP contribution in [0.25, 0.3) is 22.5 Å². The third-order valence-corrected chi connectivity index (χ3v) is 7.40. The largest absolute Gasteiger partial charge is 0.317 e. The summed E-state index contributed by atoms with van der Waals surface area (Å²) in [4.78, 5) is 0.0256. The van der Waals surface area contributed by atoms with Gasteiger partial charge < -0.3 is 5.32 Å². The van der Waals surface area contributed by atoms with Gasteiger partial charge in [-0.2, -0.15) is 5.21 Å². The molecule has 4 N–H and O–H groups in total. The van der Waals surface area contributed by atoms with Gasteiger partial charge in [0.25, 0.3) is 0 Å². The zero-order valence-electron chi connectivity index (χ0n) is 18.6. The first-order chi connectivity index (χ1) is 16.5. The summed E-state index contributed by atoms with van der Waals surface area (Å²) in [6, 6.07) is 21.7. The fraction of sp³-hybridized carbons (Fsp3) is 0.240. The van der Waals surface area contributed by atoms with Gasteiger partial charge in [-0.1, -0.05) is 66.7 Å². The molecule has 0 aliphatic carbocycles. The minimum atomic E-state index is -4.09. The number of hydrogen-bond donors (Lipinski definition) is 3. The molecule has 1 aliphatic rings. The average molecular weight is 475 g/mol. The van der Waals surface area contributed by atoms with E-state index in [0.717, 1.165) is 37.1 Å². The lowest BCUT2D eigenvalue weighted by molar-refractivity contribution is 0.460. The number of piperidine rings is 1. The second kappa shape index (κ2) is 9.46. The number of nitrogens with two attached hydrogens (primary N) is 1. The predicted octanol–water partition coefficient (Wildman–Crippen LogP) is 3.24. The number of benzene rings is 3. The summed E-state index contributed by atoms with van der Waals surface area (Å²) in [5.74, 6) is 0.719. The third-order valence-electron chi connectivity index (χ3n) is 6.36. The molecule has 2 heterocycles. The number of rotatable bonds is 6. The van der Waals surface area contributed by atoms with E-state index in [9.17, 15) is 8.42 Å². The van der Waals surface area contributed by atoms with Crippen molar-refractivity contribution in [3.63, 3.8) is 0 Å². The number of tetrazole rings is 1. The molecule has 1 aromatic heterocycles. The number of sulfonamides is 1. The molecule has 0 saturated carbocycles. The van der Waals surface area contributed by atoms with Gasteiger partial charge in [-0.3, -0.25) is 0 Å². The van der Waals surface area contributed by atoms with Gasteiger partial charge in [0.15, 0.2) is 0 Å². The molecule has 1 saturated heterocycles. The molecular weight excluding hydrogens is 448 g/mol. The first-order valence-electron chi connectivity index (χ1n) is 11.3. The normalized spacial score (nSPS) is 14.9. The van der Waals surface area contributed by atoms with Gasteiger partial charge in [-0.15, -0.1) is 10.2 Å². The van der Waals surface area contributed by atoms with Gasteiger partial charge in [-0.25, -0.2) is 13.6 Å². The molecule has 4 aromatic rings. The van der Waals surface area contributed by atoms with Crippen molar-refractivity contribution in [2.75, 3.05) is 13.1 Å². The Morgan fingerprint density at radius 2 is 1.68 bits per heavy atom. The van der Waals surface area contributed by atoms with Crippen molar-refractivity contribution in [2.24, 2.45) is 5.14 Å². The second-order valence-corrected chi connectivity index (χ2v) is 10.1. The maximum absolute atomic E-state index is 12.9. The Balaban J connectivity index is 1.64. The van der Waals surface area contributed by atoms with Crippen LogP contribution >= 0.6 is 0 Å². The molecule has 0 atom stereocenters. The zero-order valence-corrected chi connectivity index (χ0v) is 19.4. The van der Waals surface area contributed by atoms with Crippen LogP contribution in [0.1, 0.15) is 35.4 Å². The van der Waals surface area contributed by atoms with E-state index in [4.69, 9.17) is 5.14 Å². The molecule has 3 aromatic carbocycles. The summed E-state index contributed by atoms with van der Waals surface area (Å²) in [5, 5.41) is 23.5. The van der Waals surface area contributed by atoms with Crippen LogP contribution in [-0.2, 0) is 16.4 Å². The topological polar surface area (TPSA) is 127 Å². The van der Waals surface area contributed by atoms with Crippen molar-refractivity contribution >= 4 is 10.0 Å². The Hall–Kier alpha value is -3.40. The van der Waals surface area contributed by atoms with Gasteiger partial charge in [0.1, 0.15) is 0 Å². The molecule has 0 unspecified atom stereocenters. The van der Waals surface area contributed by atoms with Crippen LogP contribution < -0.4 is 10.5 Å². The van der Waals surface area contributed by atoms with Crippen molar-refractivity contribution in [1.29, 1.82) is 0 Å². The highest BCUT2D eigenvalue weighted by Gasteiger charge is 2.26. The summed E-state index contributed by atoms with van der Waals surface area (Å²) >= 11 is 0. The Kier molecular flexibility index (Phi) is 6.23. The fourth-order valence-electron chi connectivity index (χ4n) is 4.73. The van der Waals surface area contributed by atoms with Crippen molar-refractivity contribution < 1.29 is 8.42 Å². The van der Waals surface area contributed by atoms with Gasteiger partial charge in [0, 0.05) is 0 Å². The number of aromatic nitrogens is 4. The Morgan fingerprint density at radius 3 is 2.32 bits per heavy atom. The number of nitrogens with zero attached hydrogens (tertiary/aromatic N) is 3. The Labute approximate surface area is 198 Å². The van der Waals surface area contributed by atoms with E-state index in [1.807, 2.05) is 54.6 Å². The molecule has 1 fully saturated rings. The van der Waals surface area contributed by atoms with E-state index in [0.29, 0.717) is 29.0 Å². The zero-order chi connectivity index (χ0) is 23.5. The predicted molar refractivity (Wildman–Crippen MR) is 131 cm³/mol. The monoisotopic (exact) mass is 474 g/mol. The molecule has 34 heavy (non-hydrogen) atoms. The molecule has 8 nitrogen and oxygen atoms in total. The summed E-state index contributed by atoms with van der Waals surface area (Å²) in [7, 11) is -4.09. The van der Waals surface area contributed by atoms with Crippen molar-refractivity contribution in [3.05, 3.63) is 83.4 Å². The highest BCUT2D eigenvalue weighted by molar-refractivity contribution is 7.89. The van der Waals surface area contributed by atoms with Crippen LogP contribution in [0, 0.1) is 0 Å². The first-order valence-corrected chi connectivity index (χ1v) is 12.8. The third kappa shape index (κ3) is 4.63. The van der Waals surface area contributed by atoms with Crippen LogP contribution in [0.15, 0.2) is 71.6 Å². The van der Waals surface area contributed by atoms with Crippen LogP contribution in [0.5, 0.6) is 0 Å². The van der Waals surface area contributed by atoms with Crippen molar-refractivity contribution in [2.45, 2.75) is 30.1 Å². The molecule has 0 amide bonds. The SMILES string of the molecule is NS(=O)(=O)c1c(Cc2ccccc2)ccc(-c2ccc(C3CCNCC3)cc2)c1-c1nn[nH]n1. The molecule has 0 radical (unpaired) electrons. The summed E-state index contributed by atoms with van der Waals surface area (Å²) < 4.78 is 25.8. The van der Waals surface area contributed by atoms with Crippen LogP contribution in [0.3, 0.4) is 0 Å². The standard InChI is InChI=1S/C25H26N6O2S/c26-34(32,33)24-21(16-17-4-2-1-3-5-17)10-11-22(23(24)25-28-30-31-29-25)20-8-6-18(7-9-20)19-12-14-27-15-13-19/h1-11,19,27H,12-16H2,(H2,26,32,33)(H,28,29,30,31). The molecule has 5 rings (SSSR count). The highest BCUT2D eigenvalue weighted by atomic mass is 32.2. The van der Waals surface area contributed by atoms with E-state index < -0.39 is 10.0 Å². The molecule has 0 bridgehead atoms. The van der Waals surface area contributed by atoms with E-state index in [-0.39, 0.29) is 10.7 Å². The van der Waals surface area contributed by atoms with Gasteiger partial charge in [0.05, 0.1) is 10.5 Å². The lowest BCUT2D eigenvalue weighted by atomic mass is 9.88. The minimum Gasteiger partial charge on any atom is -0.317 e. The van der Waals surface area contributed by atoms with Crippen LogP contribution in [0.2, 0.25) is 0 Å². The van der Waals surface area contributed by atoms with Gasteiger partial charge in [0.2, 0.25) is 15.8 Å². The fourth-order valence-corrected chi connectivity index (χ4v) is 5.72. The van der Waals surface area contributed by atoms with E-state index >= 15 is 0 Å². The highest BCUT2D eigenvalue weighted by Crippen LogP contribution is 2.38. The molecule has 9 heteroatoms. The maximum atomic E-state index is 12.9. The number of nitrogens with one attached hydrogen (secondary N) is 2. The summed E-state index contributed by atoms with van der Waals surface area (Å²) in [5.41, 5.74) is 4.78.